The summed E-state index contributed by atoms with van der Waals surface area (Å²) in [6.45, 7) is 2.55. The number of carbonyl (C=O) groups excluding carboxylic acids is 2. The summed E-state index contributed by atoms with van der Waals surface area (Å²) >= 11 is 0. The molecule has 0 radical (unpaired) electrons. The van der Waals surface area contributed by atoms with Crippen LogP contribution in [0.25, 0.3) is 0 Å². The molecule has 0 saturated carbocycles. The molecule has 3 rings (SSSR count). The largest absolute Gasteiger partial charge is 0.352 e. The third-order valence-corrected chi connectivity index (χ3v) is 4.05. The topological polar surface area (TPSA) is 58.2 Å². The van der Waals surface area contributed by atoms with Crippen molar-refractivity contribution in [1.29, 1.82) is 0 Å². The van der Waals surface area contributed by atoms with Gasteiger partial charge in [0.15, 0.2) is 0 Å². The van der Waals surface area contributed by atoms with Gasteiger partial charge in [0, 0.05) is 18.7 Å². The Bertz CT molecular complexity index is 736. The Morgan fingerprint density at radius 1 is 1.13 bits per heavy atom. The van der Waals surface area contributed by atoms with Crippen molar-refractivity contribution in [3.8, 4) is 0 Å². The molecule has 1 aliphatic heterocycles. The van der Waals surface area contributed by atoms with Crippen LogP contribution >= 0.6 is 0 Å². The van der Waals surface area contributed by atoms with Crippen LogP contribution in [0.5, 0.6) is 0 Å². The zero-order valence-corrected chi connectivity index (χ0v) is 13.2. The van der Waals surface area contributed by atoms with Gasteiger partial charge in [0.2, 0.25) is 11.8 Å². The maximum atomic E-state index is 12.0. The highest BCUT2D eigenvalue weighted by atomic mass is 16.2. The summed E-state index contributed by atoms with van der Waals surface area (Å²) in [5, 5.41) is 5.74. The fourth-order valence-corrected chi connectivity index (χ4v) is 2.69. The van der Waals surface area contributed by atoms with Crippen LogP contribution in [0.4, 0.5) is 5.69 Å². The summed E-state index contributed by atoms with van der Waals surface area (Å²) in [7, 11) is 0. The highest BCUT2D eigenvalue weighted by molar-refractivity contribution is 5.99. The fourth-order valence-electron chi connectivity index (χ4n) is 2.69. The number of benzene rings is 2. The molecule has 0 spiro atoms. The van der Waals surface area contributed by atoms with Crippen LogP contribution in [0.2, 0.25) is 0 Å². The van der Waals surface area contributed by atoms with Crippen LogP contribution in [0, 0.1) is 6.92 Å². The van der Waals surface area contributed by atoms with Crippen molar-refractivity contribution < 1.29 is 9.59 Å². The number of hydrogen-bond acceptors (Lipinski definition) is 2. The Hall–Kier alpha value is -2.62. The first kappa shape index (κ1) is 15.3. The van der Waals surface area contributed by atoms with E-state index in [2.05, 4.69) is 41.8 Å². The molecule has 23 heavy (non-hydrogen) atoms. The summed E-state index contributed by atoms with van der Waals surface area (Å²) in [6.07, 6.45) is 1.65. The Labute approximate surface area is 135 Å². The summed E-state index contributed by atoms with van der Waals surface area (Å²) in [4.78, 5) is 23.3. The lowest BCUT2D eigenvalue weighted by atomic mass is 10.1. The van der Waals surface area contributed by atoms with E-state index in [9.17, 15) is 9.59 Å². The third-order valence-electron chi connectivity index (χ3n) is 4.05. The van der Waals surface area contributed by atoms with Gasteiger partial charge in [0.25, 0.3) is 0 Å². The SMILES string of the molecule is Cc1ccc(CCC(=O)NCc2ccc3c(c2)CC(=O)N3)cc1. The van der Waals surface area contributed by atoms with E-state index in [1.165, 1.54) is 11.1 Å². The number of anilines is 1. The molecular formula is C19H20N2O2. The average Bonchev–Trinajstić information content (AvgIpc) is 2.91. The first-order valence-electron chi connectivity index (χ1n) is 7.84. The number of nitrogens with one attached hydrogen (secondary N) is 2. The maximum Gasteiger partial charge on any atom is 0.228 e. The van der Waals surface area contributed by atoms with Gasteiger partial charge in [-0.25, -0.2) is 0 Å². The lowest BCUT2D eigenvalue weighted by Crippen LogP contribution is -2.23. The standard InChI is InChI=1S/C19H20N2O2/c1-13-2-4-14(5-3-13)7-9-18(22)20-12-15-6-8-17-16(10-15)11-19(23)21-17/h2-6,8,10H,7,9,11-12H2,1H3,(H,20,22)(H,21,23). The zero-order valence-electron chi connectivity index (χ0n) is 13.2. The highest BCUT2D eigenvalue weighted by Crippen LogP contribution is 2.23. The highest BCUT2D eigenvalue weighted by Gasteiger charge is 2.17. The number of carbonyl (C=O) groups is 2. The molecule has 2 N–H and O–H groups in total. The first-order valence-corrected chi connectivity index (χ1v) is 7.84. The maximum absolute atomic E-state index is 12.0. The van der Waals surface area contributed by atoms with Crippen molar-refractivity contribution in [2.45, 2.75) is 32.7 Å². The molecule has 2 aromatic rings. The van der Waals surface area contributed by atoms with E-state index in [0.29, 0.717) is 19.4 Å². The molecule has 0 aromatic heterocycles. The average molecular weight is 308 g/mol. The fraction of sp³-hybridized carbons (Fsp3) is 0.263. The normalized spacial score (nSPS) is 12.7. The van der Waals surface area contributed by atoms with Crippen molar-refractivity contribution in [2.24, 2.45) is 0 Å². The first-order chi connectivity index (χ1) is 11.1. The van der Waals surface area contributed by atoms with Crippen LogP contribution in [0.1, 0.15) is 28.7 Å². The van der Waals surface area contributed by atoms with E-state index in [0.717, 1.165) is 23.2 Å². The molecule has 1 heterocycles. The molecule has 2 amide bonds. The second kappa shape index (κ2) is 6.65. The van der Waals surface area contributed by atoms with E-state index in [1.54, 1.807) is 0 Å². The van der Waals surface area contributed by atoms with Gasteiger partial charge in [0.05, 0.1) is 6.42 Å². The molecular weight excluding hydrogens is 288 g/mol. The van der Waals surface area contributed by atoms with Gasteiger partial charge in [-0.05, 0) is 36.1 Å². The Balaban J connectivity index is 1.48. The third kappa shape index (κ3) is 3.97. The van der Waals surface area contributed by atoms with Gasteiger partial charge < -0.3 is 10.6 Å². The Morgan fingerprint density at radius 3 is 2.65 bits per heavy atom. The number of fused-ring (bicyclic) bond motifs is 1. The van der Waals surface area contributed by atoms with Crippen LogP contribution in [0.15, 0.2) is 42.5 Å². The van der Waals surface area contributed by atoms with E-state index in [4.69, 9.17) is 0 Å². The molecule has 0 fully saturated rings. The molecule has 0 unspecified atom stereocenters. The van der Waals surface area contributed by atoms with Gasteiger partial charge >= 0.3 is 0 Å². The van der Waals surface area contributed by atoms with E-state index < -0.39 is 0 Å². The second-order valence-corrected chi connectivity index (χ2v) is 5.98. The zero-order chi connectivity index (χ0) is 16.2. The van der Waals surface area contributed by atoms with E-state index in [1.807, 2.05) is 18.2 Å². The lowest BCUT2D eigenvalue weighted by molar-refractivity contribution is -0.121. The van der Waals surface area contributed by atoms with Gasteiger partial charge in [0.1, 0.15) is 0 Å². The van der Waals surface area contributed by atoms with Gasteiger partial charge in [-0.15, -0.1) is 0 Å². The quantitative estimate of drug-likeness (QED) is 0.892. The molecule has 0 aliphatic carbocycles. The van der Waals surface area contributed by atoms with Crippen molar-refractivity contribution in [3.05, 3.63) is 64.7 Å². The van der Waals surface area contributed by atoms with Crippen LogP contribution in [-0.2, 0) is 29.0 Å². The molecule has 1 aliphatic rings. The summed E-state index contributed by atoms with van der Waals surface area (Å²) < 4.78 is 0. The lowest BCUT2D eigenvalue weighted by Gasteiger charge is -2.07. The molecule has 118 valence electrons. The Kier molecular flexibility index (Phi) is 4.42. The van der Waals surface area contributed by atoms with Crippen LogP contribution in [-0.4, -0.2) is 11.8 Å². The van der Waals surface area contributed by atoms with Crippen molar-refractivity contribution in [2.75, 3.05) is 5.32 Å². The molecule has 4 nitrogen and oxygen atoms in total. The predicted molar refractivity (Wildman–Crippen MR) is 90.1 cm³/mol. The van der Waals surface area contributed by atoms with Crippen molar-refractivity contribution in [1.82, 2.24) is 5.32 Å². The smallest absolute Gasteiger partial charge is 0.228 e. The molecule has 0 saturated heterocycles. The van der Waals surface area contributed by atoms with Gasteiger partial charge in [-0.2, -0.15) is 0 Å². The second-order valence-electron chi connectivity index (χ2n) is 5.98. The van der Waals surface area contributed by atoms with E-state index in [-0.39, 0.29) is 11.8 Å². The Morgan fingerprint density at radius 2 is 1.87 bits per heavy atom. The molecule has 0 bridgehead atoms. The monoisotopic (exact) mass is 308 g/mol. The van der Waals surface area contributed by atoms with Crippen molar-refractivity contribution in [3.63, 3.8) is 0 Å². The molecule has 4 heteroatoms. The number of hydrogen-bond donors (Lipinski definition) is 2. The minimum Gasteiger partial charge on any atom is -0.352 e. The molecule has 2 aromatic carbocycles. The van der Waals surface area contributed by atoms with E-state index >= 15 is 0 Å². The number of rotatable bonds is 5. The molecule has 0 atom stereocenters. The minimum absolute atomic E-state index is 0.0271. The minimum atomic E-state index is 0.0271. The van der Waals surface area contributed by atoms with Gasteiger partial charge in [-0.3, -0.25) is 9.59 Å². The summed E-state index contributed by atoms with van der Waals surface area (Å²) in [6, 6.07) is 14.1. The van der Waals surface area contributed by atoms with Crippen molar-refractivity contribution >= 4 is 17.5 Å². The predicted octanol–water partition coefficient (Wildman–Crippen LogP) is 2.74. The summed E-state index contributed by atoms with van der Waals surface area (Å²) in [5.74, 6) is 0.0690. The summed E-state index contributed by atoms with van der Waals surface area (Å²) in [5.41, 5.74) is 5.30. The van der Waals surface area contributed by atoms with Crippen LogP contribution < -0.4 is 10.6 Å². The number of aryl methyl sites for hydroxylation is 2. The number of amides is 2. The van der Waals surface area contributed by atoms with Crippen LogP contribution in [0.3, 0.4) is 0 Å². The van der Waals surface area contributed by atoms with Gasteiger partial charge in [-0.1, -0.05) is 42.0 Å².